The molecule has 6 heteroatoms. The molecule has 4 nitrogen and oxygen atoms in total. The molecular weight excluding hydrogens is 308 g/mol. The summed E-state index contributed by atoms with van der Waals surface area (Å²) in [7, 11) is 2.01. The summed E-state index contributed by atoms with van der Waals surface area (Å²) in [5.41, 5.74) is 0. The molecule has 1 saturated carbocycles. The Kier molecular flexibility index (Phi) is 4.33. The van der Waals surface area contributed by atoms with Gasteiger partial charge in [-0.25, -0.2) is 4.90 Å². The quantitative estimate of drug-likeness (QED) is 0.853. The van der Waals surface area contributed by atoms with Crippen LogP contribution in [0, 0.1) is 11.8 Å². The fourth-order valence-corrected chi connectivity index (χ4v) is 4.66. The number of carbonyl (C=O) groups excluding carboxylic acids is 2. The molecule has 1 aromatic heterocycles. The summed E-state index contributed by atoms with van der Waals surface area (Å²) in [6.07, 6.45) is 3.91. The van der Waals surface area contributed by atoms with Gasteiger partial charge in [0.1, 0.15) is 6.54 Å². The SMILES string of the molecule is C[NH+](Cc1ccc(Cl)s1)CN1C(=O)[C@H]2CCCC[C@@H]2C1=O. The van der Waals surface area contributed by atoms with Gasteiger partial charge in [0.05, 0.1) is 28.1 Å². The Hall–Kier alpha value is -0.910. The maximum Gasteiger partial charge on any atom is 0.237 e. The van der Waals surface area contributed by atoms with Crippen molar-refractivity contribution in [3.05, 3.63) is 21.3 Å². The number of nitrogens with zero attached hydrogens (tertiary/aromatic N) is 1. The van der Waals surface area contributed by atoms with Gasteiger partial charge in [-0.15, -0.1) is 11.3 Å². The van der Waals surface area contributed by atoms with Gasteiger partial charge < -0.3 is 4.90 Å². The number of fused-ring (bicyclic) bond motifs is 1. The molecule has 2 amide bonds. The maximum atomic E-state index is 12.4. The van der Waals surface area contributed by atoms with Gasteiger partial charge in [-0.2, -0.15) is 0 Å². The summed E-state index contributed by atoms with van der Waals surface area (Å²) < 4.78 is 0.775. The number of thiophene rings is 1. The van der Waals surface area contributed by atoms with Crippen molar-refractivity contribution < 1.29 is 14.5 Å². The summed E-state index contributed by atoms with van der Waals surface area (Å²) >= 11 is 7.49. The lowest BCUT2D eigenvalue weighted by atomic mass is 9.81. The molecule has 0 aromatic carbocycles. The first-order valence-electron chi connectivity index (χ1n) is 7.47. The fourth-order valence-electron chi connectivity index (χ4n) is 3.46. The number of quaternary nitrogens is 1. The van der Waals surface area contributed by atoms with Gasteiger partial charge >= 0.3 is 0 Å². The van der Waals surface area contributed by atoms with Crippen molar-refractivity contribution in [3.63, 3.8) is 0 Å². The molecule has 3 atom stereocenters. The van der Waals surface area contributed by atoms with Crippen LogP contribution in [-0.2, 0) is 16.1 Å². The molecule has 2 aliphatic rings. The summed E-state index contributed by atoms with van der Waals surface area (Å²) in [5.74, 6) is 0.00647. The smallest absolute Gasteiger partial charge is 0.237 e. The third-order valence-corrected chi connectivity index (χ3v) is 5.70. The summed E-state index contributed by atoms with van der Waals surface area (Å²) in [6.45, 7) is 1.24. The Bertz CT molecular complexity index is 536. The second-order valence-electron chi connectivity index (χ2n) is 6.10. The Morgan fingerprint density at radius 3 is 2.38 bits per heavy atom. The van der Waals surface area contributed by atoms with Gasteiger partial charge in [0.25, 0.3) is 0 Å². The molecule has 1 unspecified atom stereocenters. The molecule has 3 rings (SSSR count). The molecule has 2 fully saturated rings. The van der Waals surface area contributed by atoms with Crippen LogP contribution in [0.5, 0.6) is 0 Å². The molecule has 2 heterocycles. The van der Waals surface area contributed by atoms with Crippen molar-refractivity contribution in [1.29, 1.82) is 0 Å². The van der Waals surface area contributed by atoms with Crippen LogP contribution < -0.4 is 4.90 Å². The molecule has 0 radical (unpaired) electrons. The first-order valence-corrected chi connectivity index (χ1v) is 8.66. The van der Waals surface area contributed by atoms with Crippen molar-refractivity contribution >= 4 is 34.8 Å². The average molecular weight is 328 g/mol. The minimum Gasteiger partial charge on any atom is -0.315 e. The predicted molar refractivity (Wildman–Crippen MR) is 82.1 cm³/mol. The number of carbonyl (C=O) groups is 2. The molecule has 0 spiro atoms. The minimum absolute atomic E-state index is 0.0461. The number of likely N-dealkylation sites (tertiary alicyclic amines) is 1. The van der Waals surface area contributed by atoms with Crippen molar-refractivity contribution in [2.45, 2.75) is 32.2 Å². The molecule has 1 aliphatic heterocycles. The van der Waals surface area contributed by atoms with E-state index in [1.54, 1.807) is 11.3 Å². The van der Waals surface area contributed by atoms with Gasteiger partial charge in [0, 0.05) is 0 Å². The Balaban J connectivity index is 1.64. The van der Waals surface area contributed by atoms with Gasteiger partial charge in [0.15, 0.2) is 6.67 Å². The van der Waals surface area contributed by atoms with Gasteiger partial charge in [0.2, 0.25) is 11.8 Å². The molecule has 1 aliphatic carbocycles. The maximum absolute atomic E-state index is 12.4. The number of nitrogens with one attached hydrogen (secondary N) is 1. The van der Waals surface area contributed by atoms with Crippen molar-refractivity contribution in [2.24, 2.45) is 11.8 Å². The van der Waals surface area contributed by atoms with E-state index in [2.05, 4.69) is 0 Å². The first-order chi connectivity index (χ1) is 10.1. The molecule has 1 saturated heterocycles. The van der Waals surface area contributed by atoms with Crippen LogP contribution in [-0.4, -0.2) is 30.4 Å². The highest BCUT2D eigenvalue weighted by molar-refractivity contribution is 7.16. The van der Waals surface area contributed by atoms with Crippen LogP contribution in [0.1, 0.15) is 30.6 Å². The zero-order valence-corrected chi connectivity index (χ0v) is 13.7. The van der Waals surface area contributed by atoms with Crippen LogP contribution in [0.3, 0.4) is 0 Å². The van der Waals surface area contributed by atoms with E-state index in [-0.39, 0.29) is 23.7 Å². The van der Waals surface area contributed by atoms with Gasteiger partial charge in [-0.3, -0.25) is 9.59 Å². The predicted octanol–water partition coefficient (Wildman–Crippen LogP) is 1.55. The van der Waals surface area contributed by atoms with E-state index in [0.29, 0.717) is 6.67 Å². The lowest BCUT2D eigenvalue weighted by Gasteiger charge is -2.20. The van der Waals surface area contributed by atoms with E-state index >= 15 is 0 Å². The Morgan fingerprint density at radius 2 is 1.86 bits per heavy atom. The highest BCUT2D eigenvalue weighted by atomic mass is 35.5. The number of imide groups is 1. The molecule has 114 valence electrons. The molecule has 1 aromatic rings. The van der Waals surface area contributed by atoms with Crippen molar-refractivity contribution in [2.75, 3.05) is 13.7 Å². The molecule has 1 N–H and O–H groups in total. The Labute approximate surface area is 133 Å². The summed E-state index contributed by atoms with van der Waals surface area (Å²) in [5, 5.41) is 0. The molecular formula is C15H20ClN2O2S+. The second-order valence-corrected chi connectivity index (χ2v) is 7.90. The fraction of sp³-hybridized carbons (Fsp3) is 0.600. The topological polar surface area (TPSA) is 41.8 Å². The number of halogens is 1. The monoisotopic (exact) mass is 327 g/mol. The van der Waals surface area contributed by atoms with Crippen LogP contribution in [0.2, 0.25) is 4.34 Å². The number of amides is 2. The van der Waals surface area contributed by atoms with Crippen LogP contribution in [0.15, 0.2) is 12.1 Å². The minimum atomic E-state index is -0.0461. The summed E-state index contributed by atoms with van der Waals surface area (Å²) in [6, 6.07) is 3.89. The molecule has 0 bridgehead atoms. The van der Waals surface area contributed by atoms with E-state index in [4.69, 9.17) is 11.6 Å². The zero-order chi connectivity index (χ0) is 15.0. The van der Waals surface area contributed by atoms with Gasteiger partial charge in [-0.05, 0) is 25.0 Å². The van der Waals surface area contributed by atoms with E-state index in [9.17, 15) is 9.59 Å². The van der Waals surface area contributed by atoms with Crippen molar-refractivity contribution in [3.8, 4) is 0 Å². The van der Waals surface area contributed by atoms with Gasteiger partial charge in [-0.1, -0.05) is 24.4 Å². The third-order valence-electron chi connectivity index (χ3n) is 4.47. The van der Waals surface area contributed by atoms with E-state index in [1.165, 1.54) is 9.78 Å². The Morgan fingerprint density at radius 1 is 1.24 bits per heavy atom. The van der Waals surface area contributed by atoms with Crippen LogP contribution >= 0.6 is 22.9 Å². The largest absolute Gasteiger partial charge is 0.315 e. The lowest BCUT2D eigenvalue weighted by molar-refractivity contribution is -0.900. The summed E-state index contributed by atoms with van der Waals surface area (Å²) in [4.78, 5) is 28.6. The van der Waals surface area contributed by atoms with Crippen LogP contribution in [0.4, 0.5) is 0 Å². The zero-order valence-electron chi connectivity index (χ0n) is 12.1. The standard InChI is InChI=1S/C15H19ClN2O2S/c1-17(8-10-6-7-13(16)21-10)9-18-14(19)11-4-2-3-5-12(11)15(18)20/h6-7,11-12H,2-5,8-9H2,1H3/p+1/t11-,12-/m0/s1. The average Bonchev–Trinajstić information content (AvgIpc) is 2.97. The molecule has 21 heavy (non-hydrogen) atoms. The second kappa shape index (κ2) is 6.07. The first kappa shape index (κ1) is 15.0. The normalized spacial score (nSPS) is 27.0. The van der Waals surface area contributed by atoms with E-state index in [0.717, 1.165) is 41.5 Å². The lowest BCUT2D eigenvalue weighted by Crippen LogP contribution is -3.09. The van der Waals surface area contributed by atoms with E-state index in [1.807, 2.05) is 19.2 Å². The highest BCUT2D eigenvalue weighted by Gasteiger charge is 2.48. The van der Waals surface area contributed by atoms with Crippen molar-refractivity contribution in [1.82, 2.24) is 4.90 Å². The third kappa shape index (κ3) is 3.00. The van der Waals surface area contributed by atoms with Crippen LogP contribution in [0.25, 0.3) is 0 Å². The number of hydrogen-bond donors (Lipinski definition) is 1. The number of rotatable bonds is 4. The number of hydrogen-bond acceptors (Lipinski definition) is 3. The highest BCUT2D eigenvalue weighted by Crippen LogP contribution is 2.37. The van der Waals surface area contributed by atoms with E-state index < -0.39 is 0 Å².